The molecule has 164 valence electrons. The third kappa shape index (κ3) is 6.52. The second-order valence-electron chi connectivity index (χ2n) is 7.64. The number of benzene rings is 2. The number of aryl methyl sites for hydroxylation is 1. The fraction of sp³-hybridized carbons (Fsp3) is 0.375. The van der Waals surface area contributed by atoms with Crippen molar-refractivity contribution in [1.29, 1.82) is 0 Å². The second-order valence-corrected chi connectivity index (χ2v) is 8.37. The molecule has 1 aromatic heterocycles. The highest BCUT2D eigenvalue weighted by atomic mass is 32.1. The maximum atomic E-state index is 12.5. The Kier molecular flexibility index (Phi) is 8.00. The summed E-state index contributed by atoms with van der Waals surface area (Å²) in [5.74, 6) is 1.61. The zero-order chi connectivity index (χ0) is 22.2. The van der Waals surface area contributed by atoms with Crippen LogP contribution >= 0.6 is 11.5 Å². The van der Waals surface area contributed by atoms with Gasteiger partial charge in [-0.2, -0.15) is 4.37 Å². The first-order valence-electron chi connectivity index (χ1n) is 10.6. The summed E-state index contributed by atoms with van der Waals surface area (Å²) in [4.78, 5) is 19.4. The maximum absolute atomic E-state index is 12.5. The molecule has 3 rings (SSSR count). The molecule has 0 spiro atoms. The van der Waals surface area contributed by atoms with Gasteiger partial charge in [-0.25, -0.2) is 4.98 Å². The third-order valence-corrected chi connectivity index (χ3v) is 6.03. The number of hydrogen-bond donors (Lipinski definition) is 1. The minimum atomic E-state index is -0.00160. The average molecular weight is 439 g/mol. The number of carbonyl (C=O) groups excluding carboxylic acids is 1. The molecule has 0 fully saturated rings. The van der Waals surface area contributed by atoms with Crippen LogP contribution in [0.3, 0.4) is 0 Å². The lowest BCUT2D eigenvalue weighted by Gasteiger charge is -2.27. The van der Waals surface area contributed by atoms with Crippen LogP contribution in [0.4, 0.5) is 10.8 Å². The predicted molar refractivity (Wildman–Crippen MR) is 127 cm³/mol. The molecule has 0 aliphatic carbocycles. The van der Waals surface area contributed by atoms with Gasteiger partial charge in [-0.3, -0.25) is 4.79 Å². The zero-order valence-corrected chi connectivity index (χ0v) is 19.4. The molecule has 0 aliphatic heterocycles. The molecule has 1 amide bonds. The minimum Gasteiger partial charge on any atom is -0.497 e. The van der Waals surface area contributed by atoms with E-state index in [2.05, 4.69) is 28.4 Å². The van der Waals surface area contributed by atoms with E-state index in [9.17, 15) is 4.79 Å². The lowest BCUT2D eigenvalue weighted by molar-refractivity contribution is -0.116. The highest BCUT2D eigenvalue weighted by Gasteiger charge is 2.19. The number of methoxy groups -OCH3 is 1. The van der Waals surface area contributed by atoms with E-state index >= 15 is 0 Å². The third-order valence-electron chi connectivity index (χ3n) is 5.24. The van der Waals surface area contributed by atoms with Gasteiger partial charge >= 0.3 is 0 Å². The van der Waals surface area contributed by atoms with Crippen LogP contribution in [-0.4, -0.2) is 35.0 Å². The van der Waals surface area contributed by atoms with Gasteiger partial charge in [-0.1, -0.05) is 36.8 Å². The van der Waals surface area contributed by atoms with E-state index in [0.29, 0.717) is 19.4 Å². The highest BCUT2D eigenvalue weighted by molar-refractivity contribution is 7.09. The molecule has 6 nitrogen and oxygen atoms in total. The summed E-state index contributed by atoms with van der Waals surface area (Å²) in [6.07, 6.45) is 2.00. The first-order chi connectivity index (χ1) is 15.0. The second kappa shape index (κ2) is 10.9. The Morgan fingerprint density at radius 2 is 2.00 bits per heavy atom. The molecule has 0 aliphatic rings. The van der Waals surface area contributed by atoms with Crippen molar-refractivity contribution >= 4 is 28.3 Å². The number of nitrogens with one attached hydrogen (secondary N) is 1. The van der Waals surface area contributed by atoms with Gasteiger partial charge in [0.25, 0.3) is 0 Å². The summed E-state index contributed by atoms with van der Waals surface area (Å²) < 4.78 is 9.86. The lowest BCUT2D eigenvalue weighted by atomic mass is 10.1. The van der Waals surface area contributed by atoms with Crippen molar-refractivity contribution in [2.24, 2.45) is 0 Å². The Morgan fingerprint density at radius 3 is 2.71 bits per heavy atom. The van der Waals surface area contributed by atoms with Crippen LogP contribution in [0.2, 0.25) is 0 Å². The Balaban J connectivity index is 1.63. The normalized spacial score (nSPS) is 11.7. The fourth-order valence-electron chi connectivity index (χ4n) is 3.21. The number of ether oxygens (including phenoxy) is 1. The minimum absolute atomic E-state index is 0.00160. The molecule has 1 atom stereocenters. The molecular formula is C24H30N4O2S. The van der Waals surface area contributed by atoms with Crippen molar-refractivity contribution in [2.75, 3.05) is 23.9 Å². The van der Waals surface area contributed by atoms with Crippen molar-refractivity contribution in [3.63, 3.8) is 0 Å². The van der Waals surface area contributed by atoms with E-state index in [1.807, 2.05) is 55.5 Å². The number of rotatable bonds is 10. The van der Waals surface area contributed by atoms with Gasteiger partial charge < -0.3 is 15.0 Å². The molecule has 0 saturated carbocycles. The van der Waals surface area contributed by atoms with E-state index in [1.54, 1.807) is 7.11 Å². The fourth-order valence-corrected chi connectivity index (χ4v) is 4.02. The summed E-state index contributed by atoms with van der Waals surface area (Å²) in [5, 5.41) is 3.83. The summed E-state index contributed by atoms with van der Waals surface area (Å²) in [6.45, 7) is 6.92. The van der Waals surface area contributed by atoms with Gasteiger partial charge in [0.1, 0.15) is 11.6 Å². The van der Waals surface area contributed by atoms with Crippen LogP contribution in [-0.2, 0) is 11.2 Å². The van der Waals surface area contributed by atoms with Gasteiger partial charge in [-0.05, 0) is 50.1 Å². The van der Waals surface area contributed by atoms with Crippen LogP contribution in [0.1, 0.15) is 43.6 Å². The monoisotopic (exact) mass is 438 g/mol. The number of anilines is 2. The van der Waals surface area contributed by atoms with Crippen LogP contribution in [0, 0.1) is 6.92 Å². The van der Waals surface area contributed by atoms with Gasteiger partial charge in [-0.15, -0.1) is 0 Å². The van der Waals surface area contributed by atoms with E-state index in [0.717, 1.165) is 34.4 Å². The van der Waals surface area contributed by atoms with E-state index in [1.165, 1.54) is 17.1 Å². The molecule has 1 unspecified atom stereocenters. The topological polar surface area (TPSA) is 67.4 Å². The maximum Gasteiger partial charge on any atom is 0.226 e. The zero-order valence-electron chi connectivity index (χ0n) is 18.6. The summed E-state index contributed by atoms with van der Waals surface area (Å²) in [5.41, 5.74) is 3.10. The molecule has 7 heteroatoms. The first kappa shape index (κ1) is 22.7. The van der Waals surface area contributed by atoms with Gasteiger partial charge in [0.15, 0.2) is 0 Å². The Morgan fingerprint density at radius 1 is 1.23 bits per heavy atom. The van der Waals surface area contributed by atoms with Crippen molar-refractivity contribution < 1.29 is 9.53 Å². The predicted octanol–water partition coefficient (Wildman–Crippen LogP) is 5.08. The van der Waals surface area contributed by atoms with Gasteiger partial charge in [0, 0.05) is 42.6 Å². The van der Waals surface area contributed by atoms with E-state index in [4.69, 9.17) is 9.72 Å². The number of nitrogens with zero attached hydrogens (tertiary/aromatic N) is 3. The highest BCUT2D eigenvalue weighted by Crippen LogP contribution is 2.23. The molecule has 3 aromatic rings. The van der Waals surface area contributed by atoms with Crippen molar-refractivity contribution in [3.05, 3.63) is 65.5 Å². The quantitative estimate of drug-likeness (QED) is 0.478. The van der Waals surface area contributed by atoms with Crippen LogP contribution in [0.5, 0.6) is 5.75 Å². The number of amides is 1. The van der Waals surface area contributed by atoms with Crippen LogP contribution in [0.15, 0.2) is 48.5 Å². The van der Waals surface area contributed by atoms with Gasteiger partial charge in [0.05, 0.1) is 7.11 Å². The summed E-state index contributed by atoms with van der Waals surface area (Å²) in [6, 6.07) is 16.1. The Bertz CT molecular complexity index is 987. The smallest absolute Gasteiger partial charge is 0.226 e. The first-order valence-corrected chi connectivity index (χ1v) is 11.3. The number of aromatic nitrogens is 2. The van der Waals surface area contributed by atoms with E-state index in [-0.39, 0.29) is 11.9 Å². The SMILES string of the molecule is CCC(C)N(CCC(=O)Nc1ccc(C)cc1)c1nc(Cc2cccc(OC)c2)ns1. The molecule has 2 aromatic carbocycles. The number of hydrogen-bond acceptors (Lipinski definition) is 6. The van der Waals surface area contributed by atoms with Gasteiger partial charge in [0.2, 0.25) is 11.0 Å². The molecule has 1 N–H and O–H groups in total. The summed E-state index contributed by atoms with van der Waals surface area (Å²) in [7, 11) is 1.66. The van der Waals surface area contributed by atoms with Crippen molar-refractivity contribution in [1.82, 2.24) is 9.36 Å². The van der Waals surface area contributed by atoms with Crippen molar-refractivity contribution in [2.45, 2.75) is 46.1 Å². The molecule has 0 saturated heterocycles. The molecule has 0 radical (unpaired) electrons. The van der Waals surface area contributed by atoms with Crippen LogP contribution < -0.4 is 15.0 Å². The standard InChI is InChI=1S/C24H30N4O2S/c1-5-18(3)28(14-13-23(29)25-20-11-9-17(2)10-12-20)24-26-22(27-31-24)16-19-7-6-8-21(15-19)30-4/h6-12,15,18H,5,13-14,16H2,1-4H3,(H,25,29). The molecular weight excluding hydrogens is 408 g/mol. The Labute approximate surface area is 188 Å². The molecule has 0 bridgehead atoms. The lowest BCUT2D eigenvalue weighted by Crippen LogP contribution is -2.35. The van der Waals surface area contributed by atoms with Crippen LogP contribution in [0.25, 0.3) is 0 Å². The van der Waals surface area contributed by atoms with Crippen molar-refractivity contribution in [3.8, 4) is 5.75 Å². The largest absolute Gasteiger partial charge is 0.497 e. The average Bonchev–Trinajstić information content (AvgIpc) is 3.23. The summed E-state index contributed by atoms with van der Waals surface area (Å²) >= 11 is 1.39. The van der Waals surface area contributed by atoms with E-state index < -0.39 is 0 Å². The Hall–Kier alpha value is -2.93. The number of carbonyl (C=O) groups is 1. The molecule has 1 heterocycles. The molecule has 31 heavy (non-hydrogen) atoms.